The second-order valence-electron chi connectivity index (χ2n) is 4.80. The number of hydrogen-bond donors (Lipinski definition) is 0. The third-order valence-electron chi connectivity index (χ3n) is 3.38. The molecule has 106 valence electrons. The molecule has 0 unspecified atom stereocenters. The molecule has 0 fully saturated rings. The normalized spacial score (nSPS) is 10.8. The van der Waals surface area contributed by atoms with Crippen LogP contribution < -0.4 is 4.74 Å². The Labute approximate surface area is 122 Å². The molecule has 4 heteroatoms. The average molecular weight is 281 g/mol. The Kier molecular flexibility index (Phi) is 3.44. The van der Waals surface area contributed by atoms with Gasteiger partial charge in [0.1, 0.15) is 11.3 Å². The maximum Gasteiger partial charge on any atom is 0.230 e. The number of aryl methyl sites for hydroxylation is 1. The fourth-order valence-corrected chi connectivity index (χ4v) is 2.26. The zero-order valence-electron chi connectivity index (χ0n) is 11.9. The van der Waals surface area contributed by atoms with Gasteiger partial charge in [-0.2, -0.15) is 0 Å². The summed E-state index contributed by atoms with van der Waals surface area (Å²) in [7, 11) is 0. The third kappa shape index (κ3) is 2.52. The fourth-order valence-electron chi connectivity index (χ4n) is 2.26. The van der Waals surface area contributed by atoms with Crippen LogP contribution in [-0.4, -0.2) is 10.8 Å². The molecular formula is C17H15NO3. The van der Waals surface area contributed by atoms with E-state index in [2.05, 4.69) is 4.98 Å². The lowest BCUT2D eigenvalue weighted by Crippen LogP contribution is -2.00. The Balaban J connectivity index is 1.93. The number of rotatable bonds is 4. The standard InChI is InChI=1S/C17H15NO3/c1-3-15(19)13-5-4-12(10-11(13)2)21-17-14-7-9-20-16(14)6-8-18-17/h4-10H,3H2,1-2H3. The summed E-state index contributed by atoms with van der Waals surface area (Å²) in [5.74, 6) is 1.28. The predicted octanol–water partition coefficient (Wildman–Crippen LogP) is 4.52. The van der Waals surface area contributed by atoms with Crippen LogP contribution in [0.4, 0.5) is 0 Å². The van der Waals surface area contributed by atoms with E-state index in [1.807, 2.05) is 26.0 Å². The van der Waals surface area contributed by atoms with E-state index >= 15 is 0 Å². The smallest absolute Gasteiger partial charge is 0.230 e. The van der Waals surface area contributed by atoms with Gasteiger partial charge < -0.3 is 9.15 Å². The highest BCUT2D eigenvalue weighted by Gasteiger charge is 2.10. The molecule has 2 heterocycles. The van der Waals surface area contributed by atoms with Crippen LogP contribution in [0.25, 0.3) is 11.0 Å². The van der Waals surface area contributed by atoms with Gasteiger partial charge in [-0.15, -0.1) is 0 Å². The quantitative estimate of drug-likeness (QED) is 0.660. The number of benzene rings is 1. The third-order valence-corrected chi connectivity index (χ3v) is 3.38. The van der Waals surface area contributed by atoms with Crippen LogP contribution in [0.3, 0.4) is 0 Å². The first-order valence-electron chi connectivity index (χ1n) is 6.83. The molecule has 1 aromatic carbocycles. The summed E-state index contributed by atoms with van der Waals surface area (Å²) in [5, 5.41) is 0.823. The van der Waals surface area contributed by atoms with E-state index in [1.165, 1.54) is 0 Å². The molecule has 0 saturated carbocycles. The molecule has 0 spiro atoms. The molecule has 0 radical (unpaired) electrons. The zero-order valence-corrected chi connectivity index (χ0v) is 11.9. The Morgan fingerprint density at radius 2 is 2.14 bits per heavy atom. The van der Waals surface area contributed by atoms with E-state index < -0.39 is 0 Å². The van der Waals surface area contributed by atoms with Crippen LogP contribution >= 0.6 is 0 Å². The second-order valence-corrected chi connectivity index (χ2v) is 4.80. The van der Waals surface area contributed by atoms with Crippen LogP contribution in [0.15, 0.2) is 47.2 Å². The molecule has 0 bridgehead atoms. The van der Waals surface area contributed by atoms with Crippen molar-refractivity contribution in [2.24, 2.45) is 0 Å². The maximum absolute atomic E-state index is 11.8. The molecule has 3 aromatic rings. The van der Waals surface area contributed by atoms with Gasteiger partial charge in [-0.05, 0) is 42.8 Å². The van der Waals surface area contributed by atoms with Gasteiger partial charge in [0, 0.05) is 18.2 Å². The van der Waals surface area contributed by atoms with Gasteiger partial charge in [-0.25, -0.2) is 4.98 Å². The van der Waals surface area contributed by atoms with Crippen LogP contribution in [0.1, 0.15) is 29.3 Å². The van der Waals surface area contributed by atoms with Gasteiger partial charge in [0.25, 0.3) is 0 Å². The number of carbonyl (C=O) groups excluding carboxylic acids is 1. The van der Waals surface area contributed by atoms with E-state index in [1.54, 1.807) is 30.7 Å². The first-order chi connectivity index (χ1) is 10.2. The summed E-state index contributed by atoms with van der Waals surface area (Å²) in [6, 6.07) is 9.04. The molecule has 0 amide bonds. The summed E-state index contributed by atoms with van der Waals surface area (Å²) >= 11 is 0. The van der Waals surface area contributed by atoms with Gasteiger partial charge in [0.2, 0.25) is 5.88 Å². The van der Waals surface area contributed by atoms with Crippen LogP contribution in [-0.2, 0) is 0 Å². The largest absolute Gasteiger partial charge is 0.464 e. The van der Waals surface area contributed by atoms with Gasteiger partial charge in [0.05, 0.1) is 11.6 Å². The highest BCUT2D eigenvalue weighted by Crippen LogP contribution is 2.29. The SMILES string of the molecule is CCC(=O)c1ccc(Oc2nccc3occc23)cc1C. The summed E-state index contributed by atoms with van der Waals surface area (Å²) in [5.41, 5.74) is 2.37. The summed E-state index contributed by atoms with van der Waals surface area (Å²) in [4.78, 5) is 16.0. The number of nitrogens with zero attached hydrogens (tertiary/aromatic N) is 1. The number of furan rings is 1. The fraction of sp³-hybridized carbons (Fsp3) is 0.176. The lowest BCUT2D eigenvalue weighted by atomic mass is 10.0. The van der Waals surface area contributed by atoms with Crippen molar-refractivity contribution in [3.63, 3.8) is 0 Å². The highest BCUT2D eigenvalue weighted by molar-refractivity contribution is 5.97. The molecule has 0 N–H and O–H groups in total. The number of Topliss-reactive ketones (excluding diaryl/α,β-unsaturated/α-hetero) is 1. The van der Waals surface area contributed by atoms with Crippen molar-refractivity contribution in [3.05, 3.63) is 53.9 Å². The lowest BCUT2D eigenvalue weighted by molar-refractivity contribution is 0.0987. The summed E-state index contributed by atoms with van der Waals surface area (Å²) in [6.07, 6.45) is 3.74. The molecular weight excluding hydrogens is 266 g/mol. The van der Waals surface area contributed by atoms with Crippen molar-refractivity contribution in [1.82, 2.24) is 4.98 Å². The van der Waals surface area contributed by atoms with Crippen molar-refractivity contribution in [3.8, 4) is 11.6 Å². The Morgan fingerprint density at radius 3 is 2.90 bits per heavy atom. The van der Waals surface area contributed by atoms with Crippen molar-refractivity contribution >= 4 is 16.8 Å². The number of hydrogen-bond acceptors (Lipinski definition) is 4. The maximum atomic E-state index is 11.8. The van der Waals surface area contributed by atoms with Crippen molar-refractivity contribution < 1.29 is 13.9 Å². The van der Waals surface area contributed by atoms with E-state index in [4.69, 9.17) is 9.15 Å². The number of fused-ring (bicyclic) bond motifs is 1. The van der Waals surface area contributed by atoms with Crippen molar-refractivity contribution in [2.75, 3.05) is 0 Å². The van der Waals surface area contributed by atoms with E-state index in [0.29, 0.717) is 18.1 Å². The molecule has 0 aliphatic rings. The number of ketones is 1. The highest BCUT2D eigenvalue weighted by atomic mass is 16.5. The van der Waals surface area contributed by atoms with Crippen LogP contribution in [0, 0.1) is 6.92 Å². The topological polar surface area (TPSA) is 52.3 Å². The Morgan fingerprint density at radius 1 is 1.29 bits per heavy atom. The minimum atomic E-state index is 0.133. The van der Waals surface area contributed by atoms with Crippen molar-refractivity contribution in [1.29, 1.82) is 0 Å². The Hall–Kier alpha value is -2.62. The first kappa shape index (κ1) is 13.4. The number of aromatic nitrogens is 1. The van der Waals surface area contributed by atoms with Crippen LogP contribution in [0.2, 0.25) is 0 Å². The second kappa shape index (κ2) is 5.40. The lowest BCUT2D eigenvalue weighted by Gasteiger charge is -2.08. The van der Waals surface area contributed by atoms with Crippen LogP contribution in [0.5, 0.6) is 11.6 Å². The first-order valence-corrected chi connectivity index (χ1v) is 6.83. The minimum absolute atomic E-state index is 0.133. The number of pyridine rings is 1. The Bertz CT molecular complexity index is 805. The summed E-state index contributed by atoms with van der Waals surface area (Å²) < 4.78 is 11.1. The van der Waals surface area contributed by atoms with E-state index in [9.17, 15) is 4.79 Å². The van der Waals surface area contributed by atoms with Gasteiger partial charge in [-0.3, -0.25) is 4.79 Å². The average Bonchev–Trinajstić information content (AvgIpc) is 2.96. The molecule has 21 heavy (non-hydrogen) atoms. The van der Waals surface area contributed by atoms with Gasteiger partial charge >= 0.3 is 0 Å². The molecule has 0 aliphatic carbocycles. The number of ether oxygens (including phenoxy) is 1. The van der Waals surface area contributed by atoms with Gasteiger partial charge in [-0.1, -0.05) is 6.92 Å². The molecule has 3 rings (SSSR count). The molecule has 4 nitrogen and oxygen atoms in total. The zero-order chi connectivity index (χ0) is 14.8. The number of carbonyl (C=O) groups is 1. The van der Waals surface area contributed by atoms with E-state index in [-0.39, 0.29) is 5.78 Å². The van der Waals surface area contributed by atoms with Gasteiger partial charge in [0.15, 0.2) is 5.78 Å². The van der Waals surface area contributed by atoms with Crippen molar-refractivity contribution in [2.45, 2.75) is 20.3 Å². The minimum Gasteiger partial charge on any atom is -0.464 e. The van der Waals surface area contributed by atoms with E-state index in [0.717, 1.165) is 22.1 Å². The monoisotopic (exact) mass is 281 g/mol. The molecule has 0 atom stereocenters. The molecule has 0 aliphatic heterocycles. The predicted molar refractivity (Wildman–Crippen MR) is 79.9 cm³/mol. The summed E-state index contributed by atoms with van der Waals surface area (Å²) in [6.45, 7) is 3.76. The molecule has 0 saturated heterocycles. The molecule has 2 aromatic heterocycles.